The molecule has 1 atom stereocenters. The summed E-state index contributed by atoms with van der Waals surface area (Å²) in [5, 5.41) is 2.80. The van der Waals surface area contributed by atoms with Crippen molar-refractivity contribution in [3.8, 4) is 11.7 Å². The fraction of sp³-hybridized carbons (Fsp3) is 0.500. The minimum absolute atomic E-state index is 0. The van der Waals surface area contributed by atoms with Crippen LogP contribution < -0.4 is 11.1 Å². The topological polar surface area (TPSA) is 115 Å². The third kappa shape index (κ3) is 5.73. The summed E-state index contributed by atoms with van der Waals surface area (Å²) in [5.74, 6) is 1.22. The normalized spacial score (nSPS) is 16.1. The van der Waals surface area contributed by atoms with E-state index in [4.69, 9.17) is 14.6 Å². The first kappa shape index (κ1) is 24.0. The Morgan fingerprint density at radius 2 is 2.18 bits per heavy atom. The van der Waals surface area contributed by atoms with Crippen molar-refractivity contribution in [3.05, 3.63) is 29.9 Å². The van der Waals surface area contributed by atoms with E-state index in [1.807, 2.05) is 0 Å². The lowest BCUT2D eigenvalue weighted by atomic mass is 9.96. The number of amides is 2. The number of likely N-dealkylation sites (tertiary alicyclic amines) is 1. The predicted molar refractivity (Wildman–Crippen MR) is 109 cm³/mol. The highest BCUT2D eigenvalue weighted by Crippen LogP contribution is 2.23. The summed E-state index contributed by atoms with van der Waals surface area (Å²) in [4.78, 5) is 30.9. The number of piperidine rings is 1. The van der Waals surface area contributed by atoms with E-state index in [1.54, 1.807) is 30.2 Å². The lowest BCUT2D eigenvalue weighted by molar-refractivity contribution is -0.135. The van der Waals surface area contributed by atoms with E-state index >= 15 is 0 Å². The number of hydrogen-bond acceptors (Lipinski definition) is 6. The summed E-state index contributed by atoms with van der Waals surface area (Å²) >= 11 is 0. The number of furan rings is 1. The van der Waals surface area contributed by atoms with Gasteiger partial charge < -0.3 is 24.8 Å². The average molecular weight is 433 g/mol. The van der Waals surface area contributed by atoms with Gasteiger partial charge in [0.2, 0.25) is 11.8 Å². The van der Waals surface area contributed by atoms with Gasteiger partial charge in [-0.15, -0.1) is 24.8 Å². The first-order valence-corrected chi connectivity index (χ1v) is 8.84. The summed E-state index contributed by atoms with van der Waals surface area (Å²) in [6.45, 7) is 3.72. The fourth-order valence-corrected chi connectivity index (χ4v) is 3.11. The minimum Gasteiger partial charge on any atom is -0.459 e. The smallest absolute Gasteiger partial charge is 0.263 e. The van der Waals surface area contributed by atoms with E-state index in [0.29, 0.717) is 49.3 Å². The standard InChI is InChI=1S/C18H24N4O4.2ClH/c1-12-14(21-18(26-12)15-5-3-9-25-15)10-16(23)22-8-2-4-13(11-22)17(24)20-7-6-19;;/h3,5,9,13H,2,4,6-8,10-11,19H2,1H3,(H,20,24);2*1H. The Bertz CT molecular complexity index is 764. The van der Waals surface area contributed by atoms with Crippen LogP contribution in [0.3, 0.4) is 0 Å². The van der Waals surface area contributed by atoms with Crippen LogP contribution in [0.4, 0.5) is 0 Å². The summed E-state index contributed by atoms with van der Waals surface area (Å²) in [6, 6.07) is 3.51. The van der Waals surface area contributed by atoms with Crippen LogP contribution in [0.25, 0.3) is 11.7 Å². The fourth-order valence-electron chi connectivity index (χ4n) is 3.11. The molecule has 3 heterocycles. The van der Waals surface area contributed by atoms with E-state index in [0.717, 1.165) is 12.8 Å². The Balaban J connectivity index is 0.00000196. The molecule has 10 heteroatoms. The molecule has 8 nitrogen and oxygen atoms in total. The highest BCUT2D eigenvalue weighted by atomic mass is 35.5. The van der Waals surface area contributed by atoms with Crippen LogP contribution in [0.15, 0.2) is 27.2 Å². The zero-order chi connectivity index (χ0) is 18.5. The molecular formula is C18H26Cl2N4O4. The van der Waals surface area contributed by atoms with Crippen molar-refractivity contribution in [1.29, 1.82) is 0 Å². The molecule has 0 aromatic carbocycles. The largest absolute Gasteiger partial charge is 0.459 e. The first-order valence-electron chi connectivity index (χ1n) is 8.84. The number of nitrogens with one attached hydrogen (secondary N) is 1. The van der Waals surface area contributed by atoms with Crippen molar-refractivity contribution in [3.63, 3.8) is 0 Å². The van der Waals surface area contributed by atoms with Crippen LogP contribution in [0.1, 0.15) is 24.3 Å². The molecule has 156 valence electrons. The Hall–Kier alpha value is -2.03. The zero-order valence-corrected chi connectivity index (χ0v) is 17.3. The molecule has 3 rings (SSSR count). The van der Waals surface area contributed by atoms with Crippen molar-refractivity contribution >= 4 is 36.6 Å². The van der Waals surface area contributed by atoms with Gasteiger partial charge in [-0.05, 0) is 31.9 Å². The molecule has 1 aliphatic rings. The highest BCUT2D eigenvalue weighted by Gasteiger charge is 2.29. The summed E-state index contributed by atoms with van der Waals surface area (Å²) in [5.41, 5.74) is 6.01. The Morgan fingerprint density at radius 1 is 1.39 bits per heavy atom. The number of nitrogens with zero attached hydrogens (tertiary/aromatic N) is 2. The van der Waals surface area contributed by atoms with Crippen molar-refractivity contribution in [2.75, 3.05) is 26.2 Å². The van der Waals surface area contributed by atoms with Crippen LogP contribution in [-0.4, -0.2) is 47.9 Å². The maximum atomic E-state index is 12.7. The summed E-state index contributed by atoms with van der Waals surface area (Å²) < 4.78 is 10.9. The monoisotopic (exact) mass is 432 g/mol. The van der Waals surface area contributed by atoms with E-state index in [2.05, 4.69) is 10.3 Å². The van der Waals surface area contributed by atoms with Crippen molar-refractivity contribution in [2.24, 2.45) is 11.7 Å². The van der Waals surface area contributed by atoms with Gasteiger partial charge in [0.1, 0.15) is 5.76 Å². The molecule has 0 aliphatic carbocycles. The van der Waals surface area contributed by atoms with Crippen LogP contribution in [0.5, 0.6) is 0 Å². The molecular weight excluding hydrogens is 407 g/mol. The lowest BCUT2D eigenvalue weighted by Crippen LogP contribution is -2.46. The number of hydrogen-bond donors (Lipinski definition) is 2. The van der Waals surface area contributed by atoms with Gasteiger partial charge in [0.15, 0.2) is 5.76 Å². The predicted octanol–water partition coefficient (Wildman–Crippen LogP) is 1.94. The van der Waals surface area contributed by atoms with Crippen LogP contribution in [0.2, 0.25) is 0 Å². The number of carbonyl (C=O) groups excluding carboxylic acids is 2. The van der Waals surface area contributed by atoms with Gasteiger partial charge in [-0.3, -0.25) is 9.59 Å². The van der Waals surface area contributed by atoms with E-state index < -0.39 is 0 Å². The molecule has 0 radical (unpaired) electrons. The van der Waals surface area contributed by atoms with Crippen molar-refractivity contribution < 1.29 is 18.4 Å². The first-order chi connectivity index (χ1) is 12.6. The molecule has 3 N–H and O–H groups in total. The number of aromatic nitrogens is 1. The molecule has 1 aliphatic heterocycles. The van der Waals surface area contributed by atoms with Crippen LogP contribution >= 0.6 is 24.8 Å². The number of halogens is 2. The molecule has 1 fully saturated rings. The Morgan fingerprint density at radius 3 is 2.86 bits per heavy atom. The molecule has 0 saturated carbocycles. The van der Waals surface area contributed by atoms with Gasteiger partial charge in [0.25, 0.3) is 5.89 Å². The number of rotatable bonds is 6. The number of carbonyl (C=O) groups is 2. The second-order valence-electron chi connectivity index (χ2n) is 6.43. The second kappa shape index (κ2) is 11.1. The number of aryl methyl sites for hydroxylation is 1. The third-order valence-corrected chi connectivity index (χ3v) is 4.53. The molecule has 28 heavy (non-hydrogen) atoms. The van der Waals surface area contributed by atoms with Crippen LogP contribution in [-0.2, 0) is 16.0 Å². The SMILES string of the molecule is Cc1oc(-c2ccco2)nc1CC(=O)N1CCCC(C(=O)NCCN)C1.Cl.Cl. The molecule has 1 unspecified atom stereocenters. The third-order valence-electron chi connectivity index (χ3n) is 4.53. The van der Waals surface area contributed by atoms with Crippen LogP contribution in [0, 0.1) is 12.8 Å². The minimum atomic E-state index is -0.184. The Kier molecular flexibility index (Phi) is 9.51. The van der Waals surface area contributed by atoms with E-state index in [1.165, 1.54) is 0 Å². The average Bonchev–Trinajstić information content (AvgIpc) is 3.30. The van der Waals surface area contributed by atoms with E-state index in [9.17, 15) is 9.59 Å². The molecule has 0 spiro atoms. The second-order valence-corrected chi connectivity index (χ2v) is 6.43. The summed E-state index contributed by atoms with van der Waals surface area (Å²) in [7, 11) is 0. The molecule has 0 bridgehead atoms. The van der Waals surface area contributed by atoms with Gasteiger partial charge in [0.05, 0.1) is 24.3 Å². The molecule has 2 aromatic rings. The van der Waals surface area contributed by atoms with Gasteiger partial charge in [-0.2, -0.15) is 0 Å². The number of nitrogens with two attached hydrogens (primary N) is 1. The van der Waals surface area contributed by atoms with Gasteiger partial charge >= 0.3 is 0 Å². The maximum Gasteiger partial charge on any atom is 0.263 e. The maximum absolute atomic E-state index is 12.7. The highest BCUT2D eigenvalue weighted by molar-refractivity contribution is 5.85. The molecule has 1 saturated heterocycles. The number of oxazole rings is 1. The van der Waals surface area contributed by atoms with Crippen molar-refractivity contribution in [2.45, 2.75) is 26.2 Å². The molecule has 2 aromatic heterocycles. The van der Waals surface area contributed by atoms with Gasteiger partial charge in [0, 0.05) is 26.2 Å². The zero-order valence-electron chi connectivity index (χ0n) is 15.7. The van der Waals surface area contributed by atoms with Crippen molar-refractivity contribution in [1.82, 2.24) is 15.2 Å². The quantitative estimate of drug-likeness (QED) is 0.720. The lowest BCUT2D eigenvalue weighted by Gasteiger charge is -2.32. The van der Waals surface area contributed by atoms with E-state index in [-0.39, 0.29) is 49.0 Å². The molecule has 2 amide bonds. The van der Waals surface area contributed by atoms with Gasteiger partial charge in [-0.25, -0.2) is 4.98 Å². The summed E-state index contributed by atoms with van der Waals surface area (Å²) in [6.07, 6.45) is 3.28. The Labute approximate surface area is 176 Å². The van der Waals surface area contributed by atoms with Gasteiger partial charge in [-0.1, -0.05) is 0 Å².